The minimum Gasteiger partial charge on any atom is -0.330 e. The van der Waals surface area contributed by atoms with Gasteiger partial charge in [-0.2, -0.15) is 0 Å². The summed E-state index contributed by atoms with van der Waals surface area (Å²) < 4.78 is 80.3. The summed E-state index contributed by atoms with van der Waals surface area (Å²) in [6.45, 7) is 0.224. The molecule has 2 rings (SSSR count). The zero-order valence-corrected chi connectivity index (χ0v) is 10.5. The summed E-state index contributed by atoms with van der Waals surface area (Å²) in [5.74, 6) is -11.8. The van der Waals surface area contributed by atoms with Crippen molar-refractivity contribution < 1.29 is 26.3 Å². The lowest BCUT2D eigenvalue weighted by atomic mass is 10.00. The highest BCUT2D eigenvalue weighted by Crippen LogP contribution is 2.33. The van der Waals surface area contributed by atoms with Crippen LogP contribution in [0.5, 0.6) is 0 Å². The quantitative estimate of drug-likeness (QED) is 0.522. The SMILES string of the molecule is NCCc1ccc(-c2c(F)c(F)c(F)c(F)c2F)c(F)c1. The Labute approximate surface area is 116 Å². The molecule has 0 radical (unpaired) electrons. The molecule has 2 aromatic carbocycles. The number of hydrogen-bond donors (Lipinski definition) is 1. The second-order valence-electron chi connectivity index (χ2n) is 4.30. The third-order valence-electron chi connectivity index (χ3n) is 2.95. The molecule has 2 aromatic rings. The molecule has 0 aliphatic rings. The summed E-state index contributed by atoms with van der Waals surface area (Å²) in [6.07, 6.45) is 0.314. The van der Waals surface area contributed by atoms with Crippen molar-refractivity contribution in [2.75, 3.05) is 6.54 Å². The molecule has 0 unspecified atom stereocenters. The average Bonchev–Trinajstić information content (AvgIpc) is 2.46. The molecule has 0 fully saturated rings. The monoisotopic (exact) mass is 305 g/mol. The van der Waals surface area contributed by atoms with E-state index in [4.69, 9.17) is 5.73 Å². The van der Waals surface area contributed by atoms with E-state index in [-0.39, 0.29) is 6.54 Å². The van der Waals surface area contributed by atoms with Gasteiger partial charge in [-0.25, -0.2) is 26.3 Å². The predicted octanol–water partition coefficient (Wildman–Crippen LogP) is 3.69. The van der Waals surface area contributed by atoms with E-state index in [1.807, 2.05) is 0 Å². The standard InChI is InChI=1S/C14H9F6N/c15-8-5-6(3-4-21)1-2-7(8)9-10(16)12(18)14(20)13(19)11(9)17/h1-2,5H,3-4,21H2. The van der Waals surface area contributed by atoms with Crippen molar-refractivity contribution in [3.8, 4) is 11.1 Å². The average molecular weight is 305 g/mol. The fourth-order valence-corrected chi connectivity index (χ4v) is 1.92. The fourth-order valence-electron chi connectivity index (χ4n) is 1.92. The molecule has 0 amide bonds. The molecule has 0 heterocycles. The van der Waals surface area contributed by atoms with Gasteiger partial charge in [-0.3, -0.25) is 0 Å². The van der Waals surface area contributed by atoms with Crippen molar-refractivity contribution in [1.82, 2.24) is 0 Å². The molecule has 0 bridgehead atoms. The molecule has 0 atom stereocenters. The maximum absolute atomic E-state index is 13.9. The van der Waals surface area contributed by atoms with Crippen LogP contribution in [-0.2, 0) is 6.42 Å². The Bertz CT molecular complexity index is 669. The van der Waals surface area contributed by atoms with E-state index in [2.05, 4.69) is 0 Å². The van der Waals surface area contributed by atoms with Crippen LogP contribution in [-0.4, -0.2) is 6.54 Å². The lowest BCUT2D eigenvalue weighted by molar-refractivity contribution is 0.381. The lowest BCUT2D eigenvalue weighted by Gasteiger charge is -2.10. The Morgan fingerprint density at radius 2 is 1.29 bits per heavy atom. The van der Waals surface area contributed by atoms with Gasteiger partial charge in [-0.1, -0.05) is 12.1 Å². The van der Waals surface area contributed by atoms with E-state index >= 15 is 0 Å². The zero-order valence-electron chi connectivity index (χ0n) is 10.5. The van der Waals surface area contributed by atoms with Gasteiger partial charge in [0.15, 0.2) is 23.3 Å². The molecule has 7 heteroatoms. The summed E-state index contributed by atoms with van der Waals surface area (Å²) >= 11 is 0. The normalized spacial score (nSPS) is 11.0. The van der Waals surface area contributed by atoms with Crippen LogP contribution in [0.3, 0.4) is 0 Å². The van der Waals surface area contributed by atoms with Gasteiger partial charge in [0.2, 0.25) is 5.82 Å². The molecule has 0 aliphatic heterocycles. The Morgan fingerprint density at radius 1 is 0.762 bits per heavy atom. The van der Waals surface area contributed by atoms with Gasteiger partial charge in [0.1, 0.15) is 5.82 Å². The molecule has 0 aromatic heterocycles. The van der Waals surface area contributed by atoms with E-state index in [0.29, 0.717) is 12.0 Å². The first-order valence-electron chi connectivity index (χ1n) is 5.88. The largest absolute Gasteiger partial charge is 0.330 e. The van der Waals surface area contributed by atoms with Crippen LogP contribution in [0.25, 0.3) is 11.1 Å². The van der Waals surface area contributed by atoms with Gasteiger partial charge in [0, 0.05) is 5.56 Å². The molecule has 0 saturated heterocycles. The van der Waals surface area contributed by atoms with Crippen molar-refractivity contribution in [2.24, 2.45) is 5.73 Å². The first-order chi connectivity index (χ1) is 9.88. The Hall–Kier alpha value is -2.02. The minimum absolute atomic E-state index is 0.224. The van der Waals surface area contributed by atoms with Crippen molar-refractivity contribution in [3.05, 3.63) is 58.7 Å². The summed E-state index contributed by atoms with van der Waals surface area (Å²) in [4.78, 5) is 0. The van der Waals surface area contributed by atoms with Crippen molar-refractivity contribution >= 4 is 0 Å². The van der Waals surface area contributed by atoms with Crippen LogP contribution >= 0.6 is 0 Å². The van der Waals surface area contributed by atoms with Gasteiger partial charge in [-0.15, -0.1) is 0 Å². The Kier molecular flexibility index (Phi) is 4.22. The topological polar surface area (TPSA) is 26.0 Å². The van der Waals surface area contributed by atoms with Crippen LogP contribution in [0.2, 0.25) is 0 Å². The maximum atomic E-state index is 13.9. The number of benzene rings is 2. The molecule has 1 nitrogen and oxygen atoms in total. The third-order valence-corrected chi connectivity index (χ3v) is 2.95. The maximum Gasteiger partial charge on any atom is 0.200 e. The first-order valence-corrected chi connectivity index (χ1v) is 5.88. The predicted molar refractivity (Wildman–Crippen MR) is 64.4 cm³/mol. The second-order valence-corrected chi connectivity index (χ2v) is 4.30. The van der Waals surface area contributed by atoms with Gasteiger partial charge in [0.05, 0.1) is 5.56 Å². The highest BCUT2D eigenvalue weighted by Gasteiger charge is 2.27. The Morgan fingerprint density at radius 3 is 1.76 bits per heavy atom. The van der Waals surface area contributed by atoms with E-state index in [9.17, 15) is 26.3 Å². The molecule has 2 N–H and O–H groups in total. The van der Waals surface area contributed by atoms with Gasteiger partial charge in [-0.05, 0) is 24.6 Å². The van der Waals surface area contributed by atoms with Crippen LogP contribution in [0.4, 0.5) is 26.3 Å². The third kappa shape index (κ3) is 2.61. The summed E-state index contributed by atoms with van der Waals surface area (Å²) in [5.41, 5.74) is 3.73. The van der Waals surface area contributed by atoms with Crippen LogP contribution in [0, 0.1) is 34.9 Å². The first kappa shape index (κ1) is 15.4. The molecule has 0 aliphatic carbocycles. The van der Waals surface area contributed by atoms with Gasteiger partial charge < -0.3 is 5.73 Å². The summed E-state index contributed by atoms with van der Waals surface area (Å²) in [6, 6.07) is 3.21. The van der Waals surface area contributed by atoms with Gasteiger partial charge >= 0.3 is 0 Å². The van der Waals surface area contributed by atoms with Gasteiger partial charge in [0.25, 0.3) is 0 Å². The fraction of sp³-hybridized carbons (Fsp3) is 0.143. The minimum atomic E-state index is -2.28. The number of rotatable bonds is 3. The van der Waals surface area contributed by atoms with Crippen LogP contribution < -0.4 is 5.73 Å². The second kappa shape index (κ2) is 5.77. The highest BCUT2D eigenvalue weighted by molar-refractivity contribution is 5.66. The Balaban J connectivity index is 2.68. The number of hydrogen-bond acceptors (Lipinski definition) is 1. The smallest absolute Gasteiger partial charge is 0.200 e. The zero-order chi connectivity index (χ0) is 15.7. The molecular formula is C14H9F6N. The molecule has 21 heavy (non-hydrogen) atoms. The van der Waals surface area contributed by atoms with Crippen molar-refractivity contribution in [1.29, 1.82) is 0 Å². The van der Waals surface area contributed by atoms with Crippen LogP contribution in [0.15, 0.2) is 18.2 Å². The summed E-state index contributed by atoms with van der Waals surface area (Å²) in [5, 5.41) is 0. The van der Waals surface area contributed by atoms with E-state index in [1.54, 1.807) is 0 Å². The van der Waals surface area contributed by atoms with Crippen molar-refractivity contribution in [3.63, 3.8) is 0 Å². The highest BCUT2D eigenvalue weighted by atomic mass is 19.2. The molecule has 0 spiro atoms. The molecule has 0 saturated carbocycles. The van der Waals surface area contributed by atoms with E-state index in [1.165, 1.54) is 6.07 Å². The molecule has 112 valence electrons. The van der Waals surface area contributed by atoms with E-state index in [0.717, 1.165) is 12.1 Å². The van der Waals surface area contributed by atoms with E-state index < -0.39 is 46.0 Å². The summed E-state index contributed by atoms with van der Waals surface area (Å²) in [7, 11) is 0. The number of halogens is 6. The lowest BCUT2D eigenvalue weighted by Crippen LogP contribution is -2.06. The van der Waals surface area contributed by atoms with Crippen molar-refractivity contribution in [2.45, 2.75) is 6.42 Å². The molecular weight excluding hydrogens is 296 g/mol. The van der Waals surface area contributed by atoms with Crippen LogP contribution in [0.1, 0.15) is 5.56 Å². The number of nitrogens with two attached hydrogens (primary N) is 1.